The van der Waals surface area contributed by atoms with Gasteiger partial charge in [0.2, 0.25) is 0 Å². The Labute approximate surface area is 66.3 Å². The Morgan fingerprint density at radius 2 is 2.45 bits per heavy atom. The number of rotatable bonds is 2. The topological polar surface area (TPSA) is 34.1 Å². The molecule has 2 nitrogen and oxygen atoms in total. The molecule has 0 aliphatic heterocycles. The molecular weight excluding hydrogens is 140 g/mol. The minimum atomic E-state index is 0.148. The molecular formula is C9H12O2. The van der Waals surface area contributed by atoms with E-state index in [1.165, 1.54) is 0 Å². The van der Waals surface area contributed by atoms with Crippen molar-refractivity contribution in [3.8, 4) is 0 Å². The van der Waals surface area contributed by atoms with Gasteiger partial charge < -0.3 is 4.79 Å². The predicted molar refractivity (Wildman–Crippen MR) is 42.2 cm³/mol. The monoisotopic (exact) mass is 152 g/mol. The molecule has 60 valence electrons. The predicted octanol–water partition coefficient (Wildman–Crippen LogP) is 1.50. The van der Waals surface area contributed by atoms with Gasteiger partial charge in [-0.15, -0.1) is 0 Å². The van der Waals surface area contributed by atoms with Crippen molar-refractivity contribution in [1.29, 1.82) is 0 Å². The van der Waals surface area contributed by atoms with Crippen LogP contribution in [0.25, 0.3) is 0 Å². The van der Waals surface area contributed by atoms with E-state index in [1.807, 2.05) is 6.08 Å². The van der Waals surface area contributed by atoms with E-state index in [-0.39, 0.29) is 11.7 Å². The number of Topliss-reactive ketones (excluding diaryl/α,β-unsaturated/α-hetero) is 1. The first kappa shape index (κ1) is 8.18. The van der Waals surface area contributed by atoms with Gasteiger partial charge in [0.25, 0.3) is 0 Å². The lowest BCUT2D eigenvalue weighted by molar-refractivity contribution is -0.114. The number of hydrogen-bond donors (Lipinski definition) is 0. The largest absolute Gasteiger partial charge is 0.303 e. The van der Waals surface area contributed by atoms with Crippen molar-refractivity contribution in [3.63, 3.8) is 0 Å². The zero-order valence-corrected chi connectivity index (χ0v) is 6.67. The van der Waals surface area contributed by atoms with Crippen LogP contribution in [0, 0.1) is 5.92 Å². The van der Waals surface area contributed by atoms with Crippen LogP contribution in [-0.2, 0) is 9.59 Å². The summed E-state index contributed by atoms with van der Waals surface area (Å²) in [6, 6.07) is 0. The highest BCUT2D eigenvalue weighted by molar-refractivity contribution is 5.93. The number of carbonyl (C=O) groups is 2. The van der Waals surface area contributed by atoms with Gasteiger partial charge in [-0.25, -0.2) is 0 Å². The summed E-state index contributed by atoms with van der Waals surface area (Å²) in [4.78, 5) is 21.2. The van der Waals surface area contributed by atoms with Crippen LogP contribution in [0.15, 0.2) is 11.6 Å². The van der Waals surface area contributed by atoms with Crippen molar-refractivity contribution in [3.05, 3.63) is 11.6 Å². The van der Waals surface area contributed by atoms with Gasteiger partial charge in [-0.3, -0.25) is 4.79 Å². The molecule has 1 rings (SSSR count). The lowest BCUT2D eigenvalue weighted by atomic mass is 9.89. The van der Waals surface area contributed by atoms with Crippen LogP contribution >= 0.6 is 0 Å². The molecule has 0 saturated carbocycles. The molecule has 0 radical (unpaired) electrons. The summed E-state index contributed by atoms with van der Waals surface area (Å²) in [7, 11) is 0. The van der Waals surface area contributed by atoms with E-state index < -0.39 is 0 Å². The molecule has 0 aromatic carbocycles. The van der Waals surface area contributed by atoms with Crippen LogP contribution in [-0.4, -0.2) is 12.1 Å². The Bertz CT molecular complexity index is 204. The van der Waals surface area contributed by atoms with E-state index in [4.69, 9.17) is 0 Å². The number of ketones is 1. The minimum Gasteiger partial charge on any atom is -0.303 e. The van der Waals surface area contributed by atoms with E-state index in [1.54, 1.807) is 6.92 Å². The van der Waals surface area contributed by atoms with Gasteiger partial charge in [-0.2, -0.15) is 0 Å². The van der Waals surface area contributed by atoms with E-state index in [9.17, 15) is 9.59 Å². The Kier molecular flexibility index (Phi) is 2.58. The van der Waals surface area contributed by atoms with Crippen molar-refractivity contribution >= 4 is 12.1 Å². The maximum absolute atomic E-state index is 10.8. The van der Waals surface area contributed by atoms with E-state index >= 15 is 0 Å². The smallest absolute Gasteiger partial charge is 0.155 e. The summed E-state index contributed by atoms with van der Waals surface area (Å²) >= 11 is 0. The van der Waals surface area contributed by atoms with Crippen molar-refractivity contribution in [1.82, 2.24) is 0 Å². The lowest BCUT2D eigenvalue weighted by Gasteiger charge is -2.14. The second kappa shape index (κ2) is 3.46. The van der Waals surface area contributed by atoms with Gasteiger partial charge >= 0.3 is 0 Å². The fraction of sp³-hybridized carbons (Fsp3) is 0.556. The van der Waals surface area contributed by atoms with Crippen molar-refractivity contribution in [2.45, 2.75) is 26.2 Å². The average Bonchev–Trinajstić information content (AvgIpc) is 2.05. The molecule has 0 N–H and O–H groups in total. The molecule has 0 amide bonds. The number of hydrogen-bond acceptors (Lipinski definition) is 2. The van der Waals surface area contributed by atoms with Crippen molar-refractivity contribution in [2.24, 2.45) is 5.92 Å². The molecule has 1 atom stereocenters. The summed E-state index contributed by atoms with van der Waals surface area (Å²) in [5.41, 5.74) is 0.892. The Morgan fingerprint density at radius 1 is 1.73 bits per heavy atom. The van der Waals surface area contributed by atoms with Crippen LogP contribution in [0.4, 0.5) is 0 Å². The molecule has 0 saturated heterocycles. The van der Waals surface area contributed by atoms with Gasteiger partial charge in [0.1, 0.15) is 6.29 Å². The van der Waals surface area contributed by atoms with Crippen LogP contribution in [0.2, 0.25) is 0 Å². The van der Waals surface area contributed by atoms with E-state index in [0.717, 1.165) is 31.1 Å². The molecule has 0 aromatic rings. The molecule has 11 heavy (non-hydrogen) atoms. The first-order valence-electron chi connectivity index (χ1n) is 3.89. The van der Waals surface area contributed by atoms with Crippen LogP contribution in [0.3, 0.4) is 0 Å². The molecule has 0 aromatic heterocycles. The number of allylic oxidation sites excluding steroid dienone is 2. The Hall–Kier alpha value is -0.920. The fourth-order valence-corrected chi connectivity index (χ4v) is 1.30. The summed E-state index contributed by atoms with van der Waals surface area (Å²) in [5, 5.41) is 0. The first-order valence-corrected chi connectivity index (χ1v) is 3.89. The van der Waals surface area contributed by atoms with E-state index in [0.29, 0.717) is 0 Å². The SMILES string of the molecule is CC(=O)C1=CCC(C=O)CC1. The first-order chi connectivity index (χ1) is 5.24. The molecule has 2 heteroatoms. The van der Waals surface area contributed by atoms with Crippen LogP contribution in [0.5, 0.6) is 0 Å². The molecule has 1 aliphatic carbocycles. The highest BCUT2D eigenvalue weighted by Crippen LogP contribution is 2.21. The van der Waals surface area contributed by atoms with Crippen molar-refractivity contribution < 1.29 is 9.59 Å². The zero-order chi connectivity index (χ0) is 8.27. The lowest BCUT2D eigenvalue weighted by Crippen LogP contribution is -2.10. The summed E-state index contributed by atoms with van der Waals surface area (Å²) in [6.45, 7) is 1.58. The number of aldehydes is 1. The normalized spacial score (nSPS) is 24.1. The summed E-state index contributed by atoms with van der Waals surface area (Å²) in [5.74, 6) is 0.299. The molecule has 0 bridgehead atoms. The standard InChI is InChI=1S/C9H12O2/c1-7(11)9-4-2-8(6-10)3-5-9/h4,6,8H,2-3,5H2,1H3. The molecule has 0 heterocycles. The van der Waals surface area contributed by atoms with Crippen molar-refractivity contribution in [2.75, 3.05) is 0 Å². The van der Waals surface area contributed by atoms with E-state index in [2.05, 4.69) is 0 Å². The van der Waals surface area contributed by atoms with Gasteiger partial charge in [-0.05, 0) is 31.8 Å². The van der Waals surface area contributed by atoms with Gasteiger partial charge in [0.15, 0.2) is 5.78 Å². The van der Waals surface area contributed by atoms with Crippen LogP contribution in [0.1, 0.15) is 26.2 Å². The van der Waals surface area contributed by atoms with Gasteiger partial charge in [0.05, 0.1) is 0 Å². The highest BCUT2D eigenvalue weighted by Gasteiger charge is 2.15. The van der Waals surface area contributed by atoms with Gasteiger partial charge in [-0.1, -0.05) is 6.08 Å². The molecule has 1 unspecified atom stereocenters. The number of carbonyl (C=O) groups excluding carboxylic acids is 2. The third-order valence-corrected chi connectivity index (χ3v) is 2.10. The molecule has 0 spiro atoms. The minimum absolute atomic E-state index is 0.148. The molecule has 0 fully saturated rings. The quantitative estimate of drug-likeness (QED) is 0.562. The fourth-order valence-electron chi connectivity index (χ4n) is 1.30. The maximum atomic E-state index is 10.8. The second-order valence-corrected chi connectivity index (χ2v) is 2.96. The molecule has 1 aliphatic rings. The summed E-state index contributed by atoms with van der Waals surface area (Å²) < 4.78 is 0. The summed E-state index contributed by atoms with van der Waals surface area (Å²) in [6.07, 6.45) is 5.24. The third kappa shape index (κ3) is 2.00. The van der Waals surface area contributed by atoms with Gasteiger partial charge in [0, 0.05) is 5.92 Å². The van der Waals surface area contributed by atoms with Crippen LogP contribution < -0.4 is 0 Å². The zero-order valence-electron chi connectivity index (χ0n) is 6.67. The Morgan fingerprint density at radius 3 is 2.82 bits per heavy atom. The maximum Gasteiger partial charge on any atom is 0.155 e. The third-order valence-electron chi connectivity index (χ3n) is 2.10. The second-order valence-electron chi connectivity index (χ2n) is 2.96. The Balaban J connectivity index is 2.57. The highest BCUT2D eigenvalue weighted by atomic mass is 16.1. The average molecular weight is 152 g/mol.